The molecule has 3 heterocycles. The lowest BCUT2D eigenvalue weighted by Crippen LogP contribution is -2.31. The van der Waals surface area contributed by atoms with Crippen molar-refractivity contribution in [2.45, 2.75) is 64.2 Å². The third kappa shape index (κ3) is 5.33. The molecule has 0 aromatic carbocycles. The van der Waals surface area contributed by atoms with Gasteiger partial charge in [0.1, 0.15) is 17.3 Å². The minimum Gasteiger partial charge on any atom is -0.320 e. The Morgan fingerprint density at radius 3 is 2.43 bits per heavy atom. The van der Waals surface area contributed by atoms with Gasteiger partial charge in [-0.25, -0.2) is 23.1 Å². The van der Waals surface area contributed by atoms with Gasteiger partial charge in [-0.15, -0.1) is 0 Å². The molecule has 184 valence electrons. The molecular formula is C26H28F3N5O. The van der Waals surface area contributed by atoms with E-state index in [-0.39, 0.29) is 53.5 Å². The van der Waals surface area contributed by atoms with Crippen LogP contribution in [-0.4, -0.2) is 31.8 Å². The molecular weight excluding hydrogens is 455 g/mol. The number of halogens is 3. The summed E-state index contributed by atoms with van der Waals surface area (Å²) in [5, 5.41) is 2.84. The Hall–Kier alpha value is -3.36. The molecule has 4 rings (SSSR count). The highest BCUT2D eigenvalue weighted by Crippen LogP contribution is 2.47. The van der Waals surface area contributed by atoms with Crippen LogP contribution < -0.4 is 5.32 Å². The summed E-state index contributed by atoms with van der Waals surface area (Å²) in [5.74, 6) is -3.95. The van der Waals surface area contributed by atoms with Crippen LogP contribution >= 0.6 is 0 Å². The van der Waals surface area contributed by atoms with Crippen LogP contribution in [0.5, 0.6) is 0 Å². The van der Waals surface area contributed by atoms with Gasteiger partial charge in [-0.1, -0.05) is 27.7 Å². The molecule has 0 spiro atoms. The van der Waals surface area contributed by atoms with Gasteiger partial charge in [-0.3, -0.25) is 14.8 Å². The second-order valence-corrected chi connectivity index (χ2v) is 10.1. The van der Waals surface area contributed by atoms with Crippen LogP contribution in [0, 0.1) is 11.7 Å². The molecule has 9 heteroatoms. The summed E-state index contributed by atoms with van der Waals surface area (Å²) in [6.07, 6.45) is 5.45. The Balaban J connectivity index is 1.76. The van der Waals surface area contributed by atoms with Gasteiger partial charge in [0, 0.05) is 54.5 Å². The van der Waals surface area contributed by atoms with Crippen molar-refractivity contribution in [3.63, 3.8) is 0 Å². The highest BCUT2D eigenvalue weighted by atomic mass is 19.3. The Labute approximate surface area is 202 Å². The maximum Gasteiger partial charge on any atom is 0.258 e. The van der Waals surface area contributed by atoms with E-state index in [9.17, 15) is 18.0 Å². The zero-order valence-electron chi connectivity index (χ0n) is 20.1. The fourth-order valence-electron chi connectivity index (χ4n) is 4.46. The lowest BCUT2D eigenvalue weighted by Gasteiger charge is -2.34. The molecule has 35 heavy (non-hydrogen) atoms. The van der Waals surface area contributed by atoms with Crippen LogP contribution in [0.3, 0.4) is 0 Å². The maximum absolute atomic E-state index is 14.7. The van der Waals surface area contributed by atoms with Crippen LogP contribution in [-0.2, 0) is 5.41 Å². The van der Waals surface area contributed by atoms with E-state index in [1.807, 2.05) is 20.8 Å². The van der Waals surface area contributed by atoms with Gasteiger partial charge < -0.3 is 5.32 Å². The second-order valence-electron chi connectivity index (χ2n) is 10.1. The minimum absolute atomic E-state index is 0.0413. The molecule has 3 aromatic heterocycles. The molecule has 1 fully saturated rings. The first-order valence-corrected chi connectivity index (χ1v) is 11.6. The standard InChI is InChI=1S/C26H28F3N5O/c1-15-12-26(28,29)9-7-17(15)21-22(18(8-11-31-21)20-19(27)6-5-10-30-20)34-23(35)16-13-32-24(33-14-16)25(2,3)4/h5-6,8,10-11,13-15,17H,7,9,12H2,1-4H3,(H,34,35)/t15-,17+/m1/s1. The first-order chi connectivity index (χ1) is 16.5. The van der Waals surface area contributed by atoms with Crippen LogP contribution in [0.2, 0.25) is 0 Å². The highest BCUT2D eigenvalue weighted by Gasteiger charge is 2.41. The minimum atomic E-state index is -2.74. The normalized spacial score (nSPS) is 19.9. The van der Waals surface area contributed by atoms with Crippen LogP contribution in [0.4, 0.5) is 18.9 Å². The first-order valence-electron chi connectivity index (χ1n) is 11.6. The van der Waals surface area contributed by atoms with Crippen molar-refractivity contribution in [2.24, 2.45) is 5.92 Å². The van der Waals surface area contributed by atoms with E-state index in [4.69, 9.17) is 0 Å². The first kappa shape index (κ1) is 24.8. The third-order valence-corrected chi connectivity index (χ3v) is 6.30. The monoisotopic (exact) mass is 483 g/mol. The molecule has 0 radical (unpaired) electrons. The van der Waals surface area contributed by atoms with E-state index in [0.29, 0.717) is 17.1 Å². The van der Waals surface area contributed by atoms with Gasteiger partial charge in [0.2, 0.25) is 5.92 Å². The van der Waals surface area contributed by atoms with Crippen molar-refractivity contribution in [1.29, 1.82) is 0 Å². The van der Waals surface area contributed by atoms with Crippen LogP contribution in [0.1, 0.15) is 74.8 Å². The number of anilines is 1. The highest BCUT2D eigenvalue weighted by molar-refractivity contribution is 6.06. The smallest absolute Gasteiger partial charge is 0.258 e. The van der Waals surface area contributed by atoms with Crippen molar-refractivity contribution in [1.82, 2.24) is 19.9 Å². The van der Waals surface area contributed by atoms with Crippen LogP contribution in [0.25, 0.3) is 11.3 Å². The van der Waals surface area contributed by atoms with Crippen LogP contribution in [0.15, 0.2) is 43.0 Å². The molecule has 0 bridgehead atoms. The van der Waals surface area contributed by atoms with E-state index in [1.54, 1.807) is 13.0 Å². The summed E-state index contributed by atoms with van der Waals surface area (Å²) in [6, 6.07) is 4.31. The summed E-state index contributed by atoms with van der Waals surface area (Å²) in [7, 11) is 0. The predicted molar refractivity (Wildman–Crippen MR) is 127 cm³/mol. The molecule has 3 aromatic rings. The molecule has 1 saturated carbocycles. The van der Waals surface area contributed by atoms with E-state index >= 15 is 0 Å². The molecule has 1 aliphatic rings. The molecule has 2 atom stereocenters. The maximum atomic E-state index is 14.7. The molecule has 1 aliphatic carbocycles. The van der Waals surface area contributed by atoms with E-state index in [1.165, 1.54) is 36.9 Å². The van der Waals surface area contributed by atoms with Crippen molar-refractivity contribution >= 4 is 11.6 Å². The lowest BCUT2D eigenvalue weighted by molar-refractivity contribution is -0.0558. The average Bonchev–Trinajstić information content (AvgIpc) is 2.79. The molecule has 0 saturated heterocycles. The Morgan fingerprint density at radius 1 is 1.09 bits per heavy atom. The summed E-state index contributed by atoms with van der Waals surface area (Å²) in [4.78, 5) is 30.4. The molecule has 1 amide bonds. The average molecular weight is 484 g/mol. The van der Waals surface area contributed by atoms with Crippen molar-refractivity contribution in [3.05, 3.63) is 65.9 Å². The number of nitrogens with one attached hydrogen (secondary N) is 1. The number of nitrogens with zero attached hydrogens (tertiary/aromatic N) is 4. The second kappa shape index (κ2) is 9.36. The predicted octanol–water partition coefficient (Wildman–Crippen LogP) is 6.16. The number of amides is 1. The van der Waals surface area contributed by atoms with E-state index < -0.39 is 17.6 Å². The van der Waals surface area contributed by atoms with Crippen molar-refractivity contribution in [3.8, 4) is 11.3 Å². The zero-order chi connectivity index (χ0) is 25.4. The van der Waals surface area contributed by atoms with E-state index in [0.717, 1.165) is 0 Å². The van der Waals surface area contributed by atoms with Gasteiger partial charge in [0.05, 0.1) is 16.9 Å². The quantitative estimate of drug-likeness (QED) is 0.481. The fourth-order valence-corrected chi connectivity index (χ4v) is 4.46. The van der Waals surface area contributed by atoms with Gasteiger partial charge in [-0.05, 0) is 30.5 Å². The topological polar surface area (TPSA) is 80.7 Å². The molecule has 1 N–H and O–H groups in total. The SMILES string of the molecule is C[C@@H]1CC(F)(F)CC[C@@H]1c1nccc(-c2ncccc2F)c1NC(=O)c1cnc(C(C)(C)C)nc1. The number of hydrogen-bond acceptors (Lipinski definition) is 5. The van der Waals surface area contributed by atoms with Gasteiger partial charge in [0.15, 0.2) is 0 Å². The summed E-state index contributed by atoms with van der Waals surface area (Å²) in [6.45, 7) is 7.64. The van der Waals surface area contributed by atoms with Crippen molar-refractivity contribution in [2.75, 3.05) is 5.32 Å². The van der Waals surface area contributed by atoms with E-state index in [2.05, 4.69) is 25.3 Å². The van der Waals surface area contributed by atoms with Gasteiger partial charge in [-0.2, -0.15) is 0 Å². The zero-order valence-corrected chi connectivity index (χ0v) is 20.1. The number of carbonyl (C=O) groups is 1. The summed E-state index contributed by atoms with van der Waals surface area (Å²) < 4.78 is 42.8. The molecule has 0 unspecified atom stereocenters. The lowest BCUT2D eigenvalue weighted by atomic mass is 9.76. The Bertz CT molecular complexity index is 1220. The van der Waals surface area contributed by atoms with Gasteiger partial charge >= 0.3 is 0 Å². The van der Waals surface area contributed by atoms with Crippen molar-refractivity contribution < 1.29 is 18.0 Å². The largest absolute Gasteiger partial charge is 0.320 e. The number of carbonyl (C=O) groups excluding carboxylic acids is 1. The Kier molecular flexibility index (Phi) is 6.62. The number of aromatic nitrogens is 4. The third-order valence-electron chi connectivity index (χ3n) is 6.30. The number of pyridine rings is 2. The number of alkyl halides is 2. The Morgan fingerprint density at radius 2 is 1.80 bits per heavy atom. The number of rotatable bonds is 4. The number of hydrogen-bond donors (Lipinski definition) is 1. The fraction of sp³-hybridized carbons (Fsp3) is 0.423. The molecule has 0 aliphatic heterocycles. The van der Waals surface area contributed by atoms with Gasteiger partial charge in [0.25, 0.3) is 5.91 Å². The summed E-state index contributed by atoms with van der Waals surface area (Å²) in [5.41, 5.74) is 1.00. The molecule has 6 nitrogen and oxygen atoms in total. The summed E-state index contributed by atoms with van der Waals surface area (Å²) >= 11 is 0.